The van der Waals surface area contributed by atoms with Crippen molar-refractivity contribution in [1.82, 2.24) is 9.78 Å². The van der Waals surface area contributed by atoms with Gasteiger partial charge in [-0.3, -0.25) is 0 Å². The molecular formula is C11H9ClFN5. The molecule has 18 heavy (non-hydrogen) atoms. The lowest BCUT2D eigenvalue weighted by Crippen LogP contribution is -2.03. The van der Waals surface area contributed by atoms with Crippen LogP contribution >= 0.6 is 11.6 Å². The van der Waals surface area contributed by atoms with Gasteiger partial charge in [0, 0.05) is 13.1 Å². The van der Waals surface area contributed by atoms with E-state index in [1.807, 2.05) is 6.07 Å². The first-order valence-electron chi connectivity index (χ1n) is 5.00. The van der Waals surface area contributed by atoms with Gasteiger partial charge >= 0.3 is 0 Å². The van der Waals surface area contributed by atoms with E-state index in [2.05, 4.69) is 10.4 Å². The van der Waals surface area contributed by atoms with Crippen LogP contribution in [0.2, 0.25) is 5.02 Å². The highest BCUT2D eigenvalue weighted by molar-refractivity contribution is 6.30. The van der Waals surface area contributed by atoms with Crippen molar-refractivity contribution in [3.05, 3.63) is 34.6 Å². The zero-order valence-electron chi connectivity index (χ0n) is 9.41. The van der Waals surface area contributed by atoms with Crippen LogP contribution in [-0.2, 0) is 0 Å². The van der Waals surface area contributed by atoms with Gasteiger partial charge in [-0.25, -0.2) is 9.07 Å². The van der Waals surface area contributed by atoms with E-state index in [-0.39, 0.29) is 16.4 Å². The molecule has 0 radical (unpaired) electrons. The van der Waals surface area contributed by atoms with Gasteiger partial charge in [-0.1, -0.05) is 11.6 Å². The molecule has 92 valence electrons. The zero-order valence-corrected chi connectivity index (χ0v) is 10.2. The molecule has 1 heterocycles. The van der Waals surface area contributed by atoms with E-state index in [9.17, 15) is 4.39 Å². The molecule has 0 amide bonds. The van der Waals surface area contributed by atoms with Crippen molar-refractivity contribution in [1.29, 1.82) is 5.26 Å². The van der Waals surface area contributed by atoms with Crippen LogP contribution < -0.4 is 11.1 Å². The summed E-state index contributed by atoms with van der Waals surface area (Å²) < 4.78 is 14.7. The number of anilines is 2. The number of benzene rings is 1. The minimum Gasteiger partial charge on any atom is -0.382 e. The number of hydrogen-bond donors (Lipinski definition) is 2. The van der Waals surface area contributed by atoms with Crippen molar-refractivity contribution < 1.29 is 4.39 Å². The van der Waals surface area contributed by atoms with Gasteiger partial charge in [0.05, 0.1) is 10.7 Å². The third-order valence-corrected chi connectivity index (χ3v) is 2.72. The van der Waals surface area contributed by atoms with Crippen LogP contribution in [0.1, 0.15) is 5.56 Å². The topological polar surface area (TPSA) is 79.7 Å². The fourth-order valence-corrected chi connectivity index (χ4v) is 1.65. The second-order valence-corrected chi connectivity index (χ2v) is 3.89. The average Bonchev–Trinajstić information content (AvgIpc) is 2.69. The van der Waals surface area contributed by atoms with Crippen molar-refractivity contribution in [3.8, 4) is 11.8 Å². The Bertz CT molecular complexity index is 644. The number of nitrogens with one attached hydrogen (secondary N) is 1. The van der Waals surface area contributed by atoms with Crippen LogP contribution in [0.15, 0.2) is 18.2 Å². The number of halogens is 2. The van der Waals surface area contributed by atoms with E-state index in [1.54, 1.807) is 13.1 Å². The molecule has 0 aliphatic heterocycles. The van der Waals surface area contributed by atoms with Crippen LogP contribution in [0.25, 0.3) is 5.69 Å². The molecular weight excluding hydrogens is 257 g/mol. The molecule has 0 unspecified atom stereocenters. The summed E-state index contributed by atoms with van der Waals surface area (Å²) in [6.07, 6.45) is 0. The fraction of sp³-hybridized carbons (Fsp3) is 0.0909. The van der Waals surface area contributed by atoms with Crippen LogP contribution in [0, 0.1) is 17.1 Å². The highest BCUT2D eigenvalue weighted by atomic mass is 35.5. The van der Waals surface area contributed by atoms with Gasteiger partial charge in [0.25, 0.3) is 0 Å². The number of nitrogen functional groups attached to an aromatic ring is 1. The highest BCUT2D eigenvalue weighted by Crippen LogP contribution is 2.25. The maximum Gasteiger partial charge on any atom is 0.168 e. The summed E-state index contributed by atoms with van der Waals surface area (Å²) in [5, 5.41) is 15.8. The molecule has 2 rings (SSSR count). The number of nitriles is 1. The molecule has 0 aliphatic rings. The SMILES string of the molecule is CNc1nn(-c2ccc(Cl)c(F)c2)c(N)c1C#N. The van der Waals surface area contributed by atoms with Crippen molar-refractivity contribution in [3.63, 3.8) is 0 Å². The molecule has 0 saturated heterocycles. The lowest BCUT2D eigenvalue weighted by atomic mass is 10.3. The quantitative estimate of drug-likeness (QED) is 0.872. The van der Waals surface area contributed by atoms with E-state index in [1.165, 1.54) is 16.8 Å². The van der Waals surface area contributed by atoms with E-state index in [4.69, 9.17) is 22.6 Å². The van der Waals surface area contributed by atoms with Crippen LogP contribution in [0.5, 0.6) is 0 Å². The van der Waals surface area contributed by atoms with Gasteiger partial charge in [-0.2, -0.15) is 5.26 Å². The molecule has 5 nitrogen and oxygen atoms in total. The summed E-state index contributed by atoms with van der Waals surface area (Å²) in [4.78, 5) is 0. The van der Waals surface area contributed by atoms with Gasteiger partial charge in [0.2, 0.25) is 0 Å². The number of rotatable bonds is 2. The summed E-state index contributed by atoms with van der Waals surface area (Å²) in [5.41, 5.74) is 6.40. The Morgan fingerprint density at radius 2 is 2.28 bits per heavy atom. The Kier molecular flexibility index (Phi) is 3.08. The molecule has 0 spiro atoms. The lowest BCUT2D eigenvalue weighted by Gasteiger charge is -2.04. The van der Waals surface area contributed by atoms with Gasteiger partial charge in [-0.15, -0.1) is 5.10 Å². The number of hydrogen-bond acceptors (Lipinski definition) is 4. The van der Waals surface area contributed by atoms with Crippen LogP contribution in [0.3, 0.4) is 0 Å². The number of nitrogens with two attached hydrogens (primary N) is 1. The average molecular weight is 266 g/mol. The molecule has 7 heteroatoms. The molecule has 0 aliphatic carbocycles. The van der Waals surface area contributed by atoms with Crippen molar-refractivity contribution >= 4 is 23.2 Å². The summed E-state index contributed by atoms with van der Waals surface area (Å²) in [5.74, 6) is -0.0949. The Hall–Kier alpha value is -2.26. The van der Waals surface area contributed by atoms with E-state index in [0.29, 0.717) is 11.5 Å². The minimum atomic E-state index is -0.575. The second-order valence-electron chi connectivity index (χ2n) is 3.48. The second kappa shape index (κ2) is 4.55. The zero-order chi connectivity index (χ0) is 13.3. The molecule has 0 atom stereocenters. The molecule has 0 saturated carbocycles. The summed E-state index contributed by atoms with van der Waals surface area (Å²) >= 11 is 5.60. The number of nitrogens with zero attached hydrogens (tertiary/aromatic N) is 3. The van der Waals surface area contributed by atoms with E-state index >= 15 is 0 Å². The minimum absolute atomic E-state index is 0.0128. The molecule has 3 N–H and O–H groups in total. The van der Waals surface area contributed by atoms with Gasteiger partial charge in [0.1, 0.15) is 23.3 Å². The molecule has 0 fully saturated rings. The van der Waals surface area contributed by atoms with Crippen molar-refractivity contribution in [2.75, 3.05) is 18.1 Å². The van der Waals surface area contributed by atoms with E-state index in [0.717, 1.165) is 0 Å². The molecule has 2 aromatic rings. The maximum absolute atomic E-state index is 13.4. The monoisotopic (exact) mass is 265 g/mol. The van der Waals surface area contributed by atoms with Crippen molar-refractivity contribution in [2.24, 2.45) is 0 Å². The lowest BCUT2D eigenvalue weighted by molar-refractivity contribution is 0.626. The van der Waals surface area contributed by atoms with E-state index < -0.39 is 5.82 Å². The molecule has 1 aromatic carbocycles. The number of aromatic nitrogens is 2. The Balaban J connectivity index is 2.61. The standard InChI is InChI=1S/C11H9ClFN5/c1-16-11-7(5-14)10(15)18(17-11)6-2-3-8(12)9(13)4-6/h2-4H,15H2,1H3,(H,16,17). The van der Waals surface area contributed by atoms with Crippen LogP contribution in [0.4, 0.5) is 16.0 Å². The van der Waals surface area contributed by atoms with Crippen molar-refractivity contribution in [2.45, 2.75) is 0 Å². The third-order valence-electron chi connectivity index (χ3n) is 2.42. The van der Waals surface area contributed by atoms with Gasteiger partial charge < -0.3 is 11.1 Å². The smallest absolute Gasteiger partial charge is 0.168 e. The Morgan fingerprint density at radius 1 is 1.56 bits per heavy atom. The van der Waals surface area contributed by atoms with Gasteiger partial charge in [0.15, 0.2) is 5.82 Å². The largest absolute Gasteiger partial charge is 0.382 e. The first kappa shape index (κ1) is 12.2. The summed E-state index contributed by atoms with van der Waals surface area (Å²) in [7, 11) is 1.62. The predicted octanol–water partition coefficient (Wildman–Crippen LogP) is 2.16. The van der Waals surface area contributed by atoms with Gasteiger partial charge in [-0.05, 0) is 12.1 Å². The van der Waals surface area contributed by atoms with Crippen LogP contribution in [-0.4, -0.2) is 16.8 Å². The first-order valence-corrected chi connectivity index (χ1v) is 5.38. The first-order chi connectivity index (χ1) is 8.58. The predicted molar refractivity (Wildman–Crippen MR) is 67.2 cm³/mol. The Labute approximate surface area is 108 Å². The third kappa shape index (κ3) is 1.85. The highest BCUT2D eigenvalue weighted by Gasteiger charge is 2.16. The molecule has 1 aromatic heterocycles. The summed E-state index contributed by atoms with van der Waals surface area (Å²) in [6.45, 7) is 0. The fourth-order valence-electron chi connectivity index (χ4n) is 1.53. The summed E-state index contributed by atoms with van der Waals surface area (Å²) in [6, 6.07) is 6.11. The maximum atomic E-state index is 13.4. The molecule has 0 bridgehead atoms. The Morgan fingerprint density at radius 3 is 2.78 bits per heavy atom. The normalized spacial score (nSPS) is 10.1.